The van der Waals surface area contributed by atoms with E-state index < -0.39 is 0 Å². The zero-order valence-corrected chi connectivity index (χ0v) is 9.92. The van der Waals surface area contributed by atoms with Crippen LogP contribution in [0, 0.1) is 6.92 Å². The highest BCUT2D eigenvalue weighted by Gasteiger charge is 2.09. The van der Waals surface area contributed by atoms with E-state index in [1.165, 1.54) is 11.1 Å². The molecule has 0 nitrogen and oxygen atoms in total. The summed E-state index contributed by atoms with van der Waals surface area (Å²) in [6, 6.07) is 21.1. The molecule has 17 heavy (non-hydrogen) atoms. The van der Waals surface area contributed by atoms with Crippen LogP contribution in [0.1, 0.15) is 23.5 Å². The minimum absolute atomic E-state index is 0.333. The molecule has 0 saturated heterocycles. The minimum Gasteiger partial charge on any atom is -0.0876 e. The fourth-order valence-electron chi connectivity index (χ4n) is 1.97. The van der Waals surface area contributed by atoms with Crippen molar-refractivity contribution in [2.75, 3.05) is 0 Å². The number of allylic oxidation sites excluding steroid dienone is 2. The van der Waals surface area contributed by atoms with Crippen LogP contribution in [0.5, 0.6) is 0 Å². The Kier molecular flexibility index (Phi) is 4.15. The van der Waals surface area contributed by atoms with Gasteiger partial charge in [0.1, 0.15) is 0 Å². The highest BCUT2D eigenvalue weighted by atomic mass is 14.1. The van der Waals surface area contributed by atoms with Gasteiger partial charge in [-0.25, -0.2) is 0 Å². The van der Waals surface area contributed by atoms with Crippen LogP contribution in [-0.2, 0) is 0 Å². The highest BCUT2D eigenvalue weighted by Crippen LogP contribution is 2.25. The van der Waals surface area contributed by atoms with Crippen molar-refractivity contribution in [3.63, 3.8) is 0 Å². The van der Waals surface area contributed by atoms with E-state index >= 15 is 0 Å². The first-order valence-corrected chi connectivity index (χ1v) is 5.97. The summed E-state index contributed by atoms with van der Waals surface area (Å²) in [5, 5.41) is 0. The second-order valence-electron chi connectivity index (χ2n) is 4.02. The van der Waals surface area contributed by atoms with E-state index in [2.05, 4.69) is 79.7 Å². The van der Waals surface area contributed by atoms with Crippen LogP contribution in [0.4, 0.5) is 0 Å². The average Bonchev–Trinajstić information content (AvgIpc) is 2.42. The first kappa shape index (κ1) is 11.7. The van der Waals surface area contributed by atoms with Gasteiger partial charge in [-0.1, -0.05) is 72.8 Å². The van der Waals surface area contributed by atoms with Crippen LogP contribution >= 0.6 is 0 Å². The molecule has 0 amide bonds. The van der Waals surface area contributed by atoms with E-state index in [1.54, 1.807) is 0 Å². The molecule has 85 valence electrons. The smallest absolute Gasteiger partial charge is 0.0269 e. The van der Waals surface area contributed by atoms with Crippen molar-refractivity contribution < 1.29 is 0 Å². The minimum atomic E-state index is 0.333. The lowest BCUT2D eigenvalue weighted by Gasteiger charge is -2.13. The van der Waals surface area contributed by atoms with Crippen molar-refractivity contribution in [1.29, 1.82) is 0 Å². The number of hydrogen-bond donors (Lipinski definition) is 0. The van der Waals surface area contributed by atoms with Gasteiger partial charge < -0.3 is 0 Å². The molecule has 0 aliphatic heterocycles. The van der Waals surface area contributed by atoms with E-state index in [9.17, 15) is 0 Å². The van der Waals surface area contributed by atoms with E-state index in [0.717, 1.165) is 6.42 Å². The summed E-state index contributed by atoms with van der Waals surface area (Å²) >= 11 is 0. The van der Waals surface area contributed by atoms with Crippen molar-refractivity contribution in [1.82, 2.24) is 0 Å². The number of hydrogen-bond acceptors (Lipinski definition) is 0. The van der Waals surface area contributed by atoms with E-state index in [-0.39, 0.29) is 0 Å². The van der Waals surface area contributed by atoms with Gasteiger partial charge in [0, 0.05) is 5.92 Å². The van der Waals surface area contributed by atoms with Gasteiger partial charge in [0.15, 0.2) is 0 Å². The molecule has 0 spiro atoms. The zero-order chi connectivity index (χ0) is 11.9. The monoisotopic (exact) mass is 221 g/mol. The Hall–Kier alpha value is -1.82. The molecule has 0 bridgehead atoms. The van der Waals surface area contributed by atoms with E-state index in [4.69, 9.17) is 0 Å². The van der Waals surface area contributed by atoms with Crippen molar-refractivity contribution in [2.24, 2.45) is 0 Å². The Labute approximate surface area is 104 Å². The molecule has 2 aromatic carbocycles. The van der Waals surface area contributed by atoms with Gasteiger partial charge in [0.05, 0.1) is 0 Å². The predicted molar refractivity (Wildman–Crippen MR) is 73.8 cm³/mol. The van der Waals surface area contributed by atoms with Gasteiger partial charge >= 0.3 is 0 Å². The maximum Gasteiger partial charge on any atom is 0.0269 e. The molecule has 0 aromatic heterocycles. The Morgan fingerprint density at radius 1 is 0.824 bits per heavy atom. The van der Waals surface area contributed by atoms with Gasteiger partial charge in [-0.2, -0.15) is 0 Å². The molecule has 0 unspecified atom stereocenters. The van der Waals surface area contributed by atoms with Gasteiger partial charge in [-0.05, 0) is 24.5 Å². The first-order valence-electron chi connectivity index (χ1n) is 5.97. The van der Waals surface area contributed by atoms with E-state index in [0.29, 0.717) is 5.92 Å². The molecule has 0 saturated carbocycles. The van der Waals surface area contributed by atoms with Crippen molar-refractivity contribution in [2.45, 2.75) is 12.3 Å². The summed E-state index contributed by atoms with van der Waals surface area (Å²) in [6.45, 7) is 3.86. The predicted octanol–water partition coefficient (Wildman–Crippen LogP) is 4.60. The maximum absolute atomic E-state index is 3.86. The molecule has 2 aromatic rings. The summed E-state index contributed by atoms with van der Waals surface area (Å²) in [5.74, 6) is 0.333. The largest absolute Gasteiger partial charge is 0.0876 e. The Morgan fingerprint density at radius 3 is 1.71 bits per heavy atom. The van der Waals surface area contributed by atoms with Crippen molar-refractivity contribution in [3.05, 3.63) is 90.9 Å². The summed E-state index contributed by atoms with van der Waals surface area (Å²) in [6.07, 6.45) is 5.19. The van der Waals surface area contributed by atoms with Gasteiger partial charge in [0.2, 0.25) is 0 Å². The Morgan fingerprint density at radius 2 is 1.29 bits per heavy atom. The number of rotatable bonds is 4. The van der Waals surface area contributed by atoms with Gasteiger partial charge in [0.25, 0.3) is 0 Å². The Balaban J connectivity index is 2.36. The van der Waals surface area contributed by atoms with Crippen LogP contribution in [-0.4, -0.2) is 0 Å². The first-order chi connectivity index (χ1) is 8.42. The summed E-state index contributed by atoms with van der Waals surface area (Å²) in [4.78, 5) is 0. The van der Waals surface area contributed by atoms with Gasteiger partial charge in [-0.15, -0.1) is 0 Å². The quantitative estimate of drug-likeness (QED) is 0.662. The lowest BCUT2D eigenvalue weighted by Crippen LogP contribution is -1.97. The van der Waals surface area contributed by atoms with Crippen LogP contribution in [0.15, 0.2) is 72.8 Å². The maximum atomic E-state index is 3.86. The number of benzene rings is 2. The topological polar surface area (TPSA) is 0 Å². The summed E-state index contributed by atoms with van der Waals surface area (Å²) in [7, 11) is 0. The third-order valence-electron chi connectivity index (χ3n) is 2.81. The molecule has 0 atom stereocenters. The van der Waals surface area contributed by atoms with Gasteiger partial charge in [-0.3, -0.25) is 0 Å². The molecule has 0 heteroatoms. The zero-order valence-electron chi connectivity index (χ0n) is 9.92. The van der Waals surface area contributed by atoms with Crippen LogP contribution in [0.2, 0.25) is 0 Å². The normalized spacial score (nSPS) is 11.2. The highest BCUT2D eigenvalue weighted by molar-refractivity contribution is 5.36. The van der Waals surface area contributed by atoms with Crippen LogP contribution < -0.4 is 0 Å². The molecule has 0 fully saturated rings. The summed E-state index contributed by atoms with van der Waals surface area (Å²) in [5.41, 5.74) is 2.65. The van der Waals surface area contributed by atoms with E-state index in [1.807, 2.05) is 0 Å². The fourth-order valence-corrected chi connectivity index (χ4v) is 1.97. The molecule has 1 radical (unpaired) electrons. The molecular formula is C17H17. The van der Waals surface area contributed by atoms with Crippen LogP contribution in [0.25, 0.3) is 0 Å². The SMILES string of the molecule is [CH2]C/C=C/C(c1ccccc1)c1ccccc1. The second-order valence-corrected chi connectivity index (χ2v) is 4.02. The standard InChI is InChI=1S/C17H17/c1-2-3-14-17(15-10-6-4-7-11-15)16-12-8-5-9-13-16/h3-14,17H,1-2H2/b14-3+. The molecule has 0 N–H and O–H groups in total. The third-order valence-corrected chi connectivity index (χ3v) is 2.81. The Bertz CT molecular complexity index is 414. The molecule has 2 rings (SSSR count). The fraction of sp³-hybridized carbons (Fsp3) is 0.118. The molecule has 0 aliphatic carbocycles. The third kappa shape index (κ3) is 3.07. The molecule has 0 aliphatic rings. The summed E-state index contributed by atoms with van der Waals surface area (Å²) < 4.78 is 0. The van der Waals surface area contributed by atoms with Crippen molar-refractivity contribution in [3.8, 4) is 0 Å². The average molecular weight is 221 g/mol. The lowest BCUT2D eigenvalue weighted by molar-refractivity contribution is 1.02. The second kappa shape index (κ2) is 6.05. The molecule has 0 heterocycles. The molecular weight excluding hydrogens is 204 g/mol. The van der Waals surface area contributed by atoms with Crippen LogP contribution in [0.3, 0.4) is 0 Å². The lowest BCUT2D eigenvalue weighted by atomic mass is 9.91. The van der Waals surface area contributed by atoms with Crippen molar-refractivity contribution >= 4 is 0 Å².